The third-order valence-electron chi connectivity index (χ3n) is 4.46. The van der Waals surface area contributed by atoms with Crippen LogP contribution < -0.4 is 0 Å². The van der Waals surface area contributed by atoms with Crippen molar-refractivity contribution in [1.29, 1.82) is 0 Å². The van der Waals surface area contributed by atoms with E-state index < -0.39 is 29.7 Å². The van der Waals surface area contributed by atoms with Crippen LogP contribution in [0.1, 0.15) is 34.3 Å². The number of pyridine rings is 1. The number of hydrogen-bond acceptors (Lipinski definition) is 4. The van der Waals surface area contributed by atoms with E-state index in [1.165, 1.54) is 24.5 Å². The van der Waals surface area contributed by atoms with E-state index in [1.807, 2.05) is 0 Å². The molecular formula is C22H17ClF3NO3. The van der Waals surface area contributed by atoms with Gasteiger partial charge in [0.1, 0.15) is 12.5 Å². The minimum absolute atomic E-state index is 0.184. The predicted molar refractivity (Wildman–Crippen MR) is 105 cm³/mol. The highest BCUT2D eigenvalue weighted by Gasteiger charge is 2.32. The Bertz CT molecular complexity index is 995. The second-order valence-electron chi connectivity index (χ2n) is 6.57. The molecule has 0 fully saturated rings. The van der Waals surface area contributed by atoms with Crippen LogP contribution in [0, 0.1) is 0 Å². The molecule has 2 unspecified atom stereocenters. The van der Waals surface area contributed by atoms with Gasteiger partial charge in [-0.05, 0) is 41.5 Å². The average molecular weight is 436 g/mol. The number of ether oxygens (including phenoxy) is 1. The molecule has 2 aromatic carbocycles. The minimum atomic E-state index is -4.50. The number of rotatable bonds is 6. The van der Waals surface area contributed by atoms with Gasteiger partial charge >= 0.3 is 12.1 Å². The molecule has 156 valence electrons. The molecule has 4 nitrogen and oxygen atoms in total. The molecule has 3 rings (SSSR count). The molecule has 0 aliphatic carbocycles. The van der Waals surface area contributed by atoms with E-state index >= 15 is 0 Å². The summed E-state index contributed by atoms with van der Waals surface area (Å²) in [7, 11) is 0. The van der Waals surface area contributed by atoms with Gasteiger partial charge < -0.3 is 9.84 Å². The molecule has 0 radical (unpaired) electrons. The van der Waals surface area contributed by atoms with Crippen molar-refractivity contribution in [2.24, 2.45) is 0 Å². The monoisotopic (exact) mass is 435 g/mol. The fourth-order valence-corrected chi connectivity index (χ4v) is 3.07. The van der Waals surface area contributed by atoms with Crippen molar-refractivity contribution in [3.63, 3.8) is 0 Å². The lowest BCUT2D eigenvalue weighted by Crippen LogP contribution is -2.23. The van der Waals surface area contributed by atoms with Crippen LogP contribution in [0.3, 0.4) is 0 Å². The van der Waals surface area contributed by atoms with Crippen molar-refractivity contribution in [3.8, 4) is 0 Å². The zero-order valence-electron chi connectivity index (χ0n) is 15.5. The SMILES string of the molecule is O=C(OCc1cccc(C(F)(F)F)c1)C(c1ccc(Cl)cc1)C(O)c1cccnc1. The van der Waals surface area contributed by atoms with E-state index in [-0.39, 0.29) is 12.2 Å². The highest BCUT2D eigenvalue weighted by molar-refractivity contribution is 6.30. The number of carbonyl (C=O) groups excluding carboxylic acids is 1. The number of nitrogens with zero attached hydrogens (tertiary/aromatic N) is 1. The first-order valence-electron chi connectivity index (χ1n) is 8.92. The van der Waals surface area contributed by atoms with Crippen molar-refractivity contribution >= 4 is 17.6 Å². The van der Waals surface area contributed by atoms with Gasteiger partial charge in [-0.15, -0.1) is 0 Å². The summed E-state index contributed by atoms with van der Waals surface area (Å²) in [5.74, 6) is -1.90. The van der Waals surface area contributed by atoms with Crippen molar-refractivity contribution in [3.05, 3.63) is 100 Å². The summed E-state index contributed by atoms with van der Waals surface area (Å²) in [5.41, 5.74) is 0.197. The topological polar surface area (TPSA) is 59.4 Å². The second-order valence-corrected chi connectivity index (χ2v) is 7.00. The Hall–Kier alpha value is -2.90. The first-order chi connectivity index (χ1) is 14.3. The molecule has 1 N–H and O–H groups in total. The number of carbonyl (C=O) groups is 1. The molecule has 0 saturated heterocycles. The molecule has 2 atom stereocenters. The maximum atomic E-state index is 12.9. The van der Waals surface area contributed by atoms with Crippen LogP contribution in [-0.4, -0.2) is 16.1 Å². The molecule has 0 amide bonds. The number of aromatic nitrogens is 1. The van der Waals surface area contributed by atoms with Gasteiger partial charge in [0, 0.05) is 23.0 Å². The first kappa shape index (κ1) is 21.8. The van der Waals surface area contributed by atoms with Crippen molar-refractivity contribution in [2.45, 2.75) is 24.8 Å². The van der Waals surface area contributed by atoms with Gasteiger partial charge in [0.05, 0.1) is 11.7 Å². The maximum absolute atomic E-state index is 12.9. The van der Waals surface area contributed by atoms with Gasteiger partial charge in [0.25, 0.3) is 0 Å². The van der Waals surface area contributed by atoms with E-state index in [4.69, 9.17) is 16.3 Å². The molecule has 0 saturated carbocycles. The summed E-state index contributed by atoms with van der Waals surface area (Å²) in [6.45, 7) is -0.368. The lowest BCUT2D eigenvalue weighted by Gasteiger charge is -2.22. The molecule has 1 aromatic heterocycles. The Morgan fingerprint density at radius 2 is 1.80 bits per heavy atom. The van der Waals surface area contributed by atoms with Crippen LogP contribution in [0.5, 0.6) is 0 Å². The highest BCUT2D eigenvalue weighted by Crippen LogP contribution is 2.33. The van der Waals surface area contributed by atoms with E-state index in [2.05, 4.69) is 4.98 Å². The number of hydrogen-bond donors (Lipinski definition) is 1. The molecule has 8 heteroatoms. The summed E-state index contributed by atoms with van der Waals surface area (Å²) in [6, 6.07) is 14.1. The number of benzene rings is 2. The average Bonchev–Trinajstić information content (AvgIpc) is 2.74. The van der Waals surface area contributed by atoms with Crippen LogP contribution in [0.4, 0.5) is 13.2 Å². The number of aliphatic hydroxyl groups is 1. The predicted octanol–water partition coefficient (Wildman–Crippen LogP) is 5.31. The third-order valence-corrected chi connectivity index (χ3v) is 4.71. The lowest BCUT2D eigenvalue weighted by atomic mass is 9.90. The third kappa shape index (κ3) is 5.37. The summed E-state index contributed by atoms with van der Waals surface area (Å²) in [5, 5.41) is 11.2. The van der Waals surface area contributed by atoms with Crippen molar-refractivity contribution < 1.29 is 27.8 Å². The second kappa shape index (κ2) is 9.28. The zero-order chi connectivity index (χ0) is 21.7. The number of halogens is 4. The smallest absolute Gasteiger partial charge is 0.416 e. The van der Waals surface area contributed by atoms with Crippen LogP contribution >= 0.6 is 11.6 Å². The summed E-state index contributed by atoms with van der Waals surface area (Å²) < 4.78 is 43.9. The largest absolute Gasteiger partial charge is 0.460 e. The molecule has 0 aliphatic rings. The van der Waals surface area contributed by atoms with Crippen LogP contribution in [0.15, 0.2) is 73.1 Å². The fraction of sp³-hybridized carbons (Fsp3) is 0.182. The van der Waals surface area contributed by atoms with Crippen LogP contribution in [0.2, 0.25) is 5.02 Å². The molecule has 30 heavy (non-hydrogen) atoms. The quantitative estimate of drug-likeness (QED) is 0.533. The van der Waals surface area contributed by atoms with Crippen molar-refractivity contribution in [2.75, 3.05) is 0 Å². The molecule has 0 aliphatic heterocycles. The van der Waals surface area contributed by atoms with E-state index in [0.29, 0.717) is 16.1 Å². The van der Waals surface area contributed by atoms with Crippen LogP contribution in [0.25, 0.3) is 0 Å². The maximum Gasteiger partial charge on any atom is 0.416 e. The number of aliphatic hydroxyl groups excluding tert-OH is 1. The first-order valence-corrected chi connectivity index (χ1v) is 9.30. The molecular weight excluding hydrogens is 419 g/mol. The van der Waals surface area contributed by atoms with Gasteiger partial charge in [-0.1, -0.05) is 41.9 Å². The minimum Gasteiger partial charge on any atom is -0.460 e. The van der Waals surface area contributed by atoms with Gasteiger partial charge in [-0.25, -0.2) is 0 Å². The van der Waals surface area contributed by atoms with Crippen molar-refractivity contribution in [1.82, 2.24) is 4.98 Å². The van der Waals surface area contributed by atoms with Crippen LogP contribution in [-0.2, 0) is 22.3 Å². The normalized spacial score (nSPS) is 13.5. The van der Waals surface area contributed by atoms with Gasteiger partial charge in [-0.2, -0.15) is 13.2 Å². The lowest BCUT2D eigenvalue weighted by molar-refractivity contribution is -0.149. The summed E-state index contributed by atoms with van der Waals surface area (Å²) in [4.78, 5) is 16.8. The van der Waals surface area contributed by atoms with E-state index in [1.54, 1.807) is 36.4 Å². The highest BCUT2D eigenvalue weighted by atomic mass is 35.5. The molecule has 3 aromatic rings. The Kier molecular flexibility index (Phi) is 6.74. The van der Waals surface area contributed by atoms with Gasteiger partial charge in [0.15, 0.2) is 0 Å². The van der Waals surface area contributed by atoms with Gasteiger partial charge in [0.2, 0.25) is 0 Å². The standard InChI is InChI=1S/C22H17ClF3NO3/c23-18-8-6-15(7-9-18)19(20(28)16-4-2-10-27-12-16)21(29)30-13-14-3-1-5-17(11-14)22(24,25)26/h1-12,19-20,28H,13H2. The Morgan fingerprint density at radius 3 is 2.43 bits per heavy atom. The van der Waals surface area contributed by atoms with E-state index in [9.17, 15) is 23.1 Å². The zero-order valence-corrected chi connectivity index (χ0v) is 16.3. The molecule has 1 heterocycles. The van der Waals surface area contributed by atoms with E-state index in [0.717, 1.165) is 12.1 Å². The molecule has 0 spiro atoms. The number of esters is 1. The summed E-state index contributed by atoms with van der Waals surface area (Å²) >= 11 is 5.90. The summed E-state index contributed by atoms with van der Waals surface area (Å²) in [6.07, 6.45) is -2.82. The number of alkyl halides is 3. The van der Waals surface area contributed by atoms with Gasteiger partial charge in [-0.3, -0.25) is 9.78 Å². The Morgan fingerprint density at radius 1 is 1.07 bits per heavy atom. The Balaban J connectivity index is 1.83. The fourth-order valence-electron chi connectivity index (χ4n) is 2.94. The Labute approximate surface area is 175 Å². The molecule has 0 bridgehead atoms.